The van der Waals surface area contributed by atoms with Crippen molar-refractivity contribution in [2.75, 3.05) is 32.9 Å². The number of benzene rings is 2. The lowest BCUT2D eigenvalue weighted by atomic mass is 9.94. The quantitative estimate of drug-likeness (QED) is 0.474. The summed E-state index contributed by atoms with van der Waals surface area (Å²) in [7, 11) is 0. The highest BCUT2D eigenvalue weighted by Crippen LogP contribution is 2.33. The van der Waals surface area contributed by atoms with Gasteiger partial charge >= 0.3 is 0 Å². The molecule has 1 aliphatic heterocycles. The number of halogens is 1. The van der Waals surface area contributed by atoms with Crippen LogP contribution < -0.4 is 9.47 Å². The molecule has 0 radical (unpaired) electrons. The summed E-state index contributed by atoms with van der Waals surface area (Å²) in [6.07, 6.45) is 6.94. The first-order valence-corrected chi connectivity index (χ1v) is 10.4. The Morgan fingerprint density at radius 2 is 1.84 bits per heavy atom. The average Bonchev–Trinajstić information content (AvgIpc) is 3.22. The van der Waals surface area contributed by atoms with Gasteiger partial charge in [0.05, 0.1) is 6.61 Å². The Hall–Kier alpha value is -2.73. The summed E-state index contributed by atoms with van der Waals surface area (Å²) in [5.41, 5.74) is 3.70. The second kappa shape index (κ2) is 11.0. The molecule has 0 saturated heterocycles. The van der Waals surface area contributed by atoms with Crippen molar-refractivity contribution in [2.45, 2.75) is 12.5 Å². The third-order valence-electron chi connectivity index (χ3n) is 5.50. The Kier molecular flexibility index (Phi) is 8.18. The van der Waals surface area contributed by atoms with E-state index in [0.717, 1.165) is 24.2 Å². The second-order valence-electron chi connectivity index (χ2n) is 7.41. The summed E-state index contributed by atoms with van der Waals surface area (Å²) in [6.45, 7) is 6.21. The number of aliphatic hydroxyl groups is 1. The zero-order valence-corrected chi connectivity index (χ0v) is 18.3. The van der Waals surface area contributed by atoms with E-state index in [0.29, 0.717) is 25.5 Å². The third kappa shape index (κ3) is 5.31. The van der Waals surface area contributed by atoms with E-state index in [-0.39, 0.29) is 25.1 Å². The summed E-state index contributed by atoms with van der Waals surface area (Å²) in [5.74, 6) is 1.45. The zero-order chi connectivity index (χ0) is 20.8. The smallest absolute Gasteiger partial charge is 0.161 e. The van der Waals surface area contributed by atoms with Gasteiger partial charge in [-0.25, -0.2) is 0 Å². The van der Waals surface area contributed by atoms with Crippen molar-refractivity contribution in [3.05, 3.63) is 79.0 Å². The summed E-state index contributed by atoms with van der Waals surface area (Å²) >= 11 is 0. The molecule has 1 aromatic heterocycles. The van der Waals surface area contributed by atoms with E-state index in [4.69, 9.17) is 9.47 Å². The molecule has 0 bridgehead atoms. The van der Waals surface area contributed by atoms with Gasteiger partial charge in [0.2, 0.25) is 0 Å². The number of ether oxygens (including phenoxy) is 2. The van der Waals surface area contributed by atoms with Crippen LogP contribution in [0.4, 0.5) is 0 Å². The standard InChI is InChI=1S/C25H28N2O3.ClH/c1-2-15-29-24-9-5-6-10-25(24)30-18-20-16-19(11-12-27(20)13-14-28)22-17-26-23-8-4-3-7-21(22)23;/h2-11,17,20,26,28H,1,12-16,18H2;1H. The van der Waals surface area contributed by atoms with Gasteiger partial charge < -0.3 is 19.6 Å². The molecular weight excluding hydrogens is 412 g/mol. The van der Waals surface area contributed by atoms with Crippen LogP contribution in [0.2, 0.25) is 0 Å². The molecule has 0 saturated carbocycles. The van der Waals surface area contributed by atoms with Crippen LogP contribution in [0.3, 0.4) is 0 Å². The Bertz CT molecular complexity index is 1030. The van der Waals surface area contributed by atoms with Gasteiger partial charge in [-0.2, -0.15) is 0 Å². The molecule has 0 amide bonds. The summed E-state index contributed by atoms with van der Waals surface area (Å²) < 4.78 is 11.9. The molecule has 1 aliphatic rings. The number of aliphatic hydroxyl groups excluding tert-OH is 1. The highest BCUT2D eigenvalue weighted by atomic mass is 35.5. The average molecular weight is 441 g/mol. The van der Waals surface area contributed by atoms with E-state index in [2.05, 4.69) is 46.9 Å². The Morgan fingerprint density at radius 1 is 1.10 bits per heavy atom. The van der Waals surface area contributed by atoms with Gasteiger partial charge in [-0.3, -0.25) is 4.90 Å². The van der Waals surface area contributed by atoms with Crippen LogP contribution in [0.1, 0.15) is 12.0 Å². The molecule has 2 aromatic carbocycles. The molecule has 0 aliphatic carbocycles. The molecule has 1 atom stereocenters. The minimum absolute atomic E-state index is 0. The van der Waals surface area contributed by atoms with Crippen LogP contribution in [0, 0.1) is 0 Å². The maximum atomic E-state index is 9.52. The van der Waals surface area contributed by atoms with Crippen molar-refractivity contribution in [1.82, 2.24) is 9.88 Å². The maximum Gasteiger partial charge on any atom is 0.161 e. The number of nitrogens with zero attached hydrogens (tertiary/aromatic N) is 1. The van der Waals surface area contributed by atoms with E-state index in [9.17, 15) is 5.11 Å². The van der Waals surface area contributed by atoms with E-state index in [1.54, 1.807) is 6.08 Å². The van der Waals surface area contributed by atoms with Crippen LogP contribution in [0.15, 0.2) is 73.5 Å². The molecule has 31 heavy (non-hydrogen) atoms. The molecule has 2 N–H and O–H groups in total. The van der Waals surface area contributed by atoms with Crippen molar-refractivity contribution < 1.29 is 14.6 Å². The monoisotopic (exact) mass is 440 g/mol. The van der Waals surface area contributed by atoms with Gasteiger partial charge in [0.1, 0.15) is 13.2 Å². The summed E-state index contributed by atoms with van der Waals surface area (Å²) in [6, 6.07) is 16.2. The van der Waals surface area contributed by atoms with Gasteiger partial charge in [-0.1, -0.05) is 49.1 Å². The number of para-hydroxylation sites is 3. The third-order valence-corrected chi connectivity index (χ3v) is 5.50. The summed E-state index contributed by atoms with van der Waals surface area (Å²) in [4.78, 5) is 5.64. The highest BCUT2D eigenvalue weighted by molar-refractivity contribution is 5.92. The molecule has 4 rings (SSSR count). The van der Waals surface area contributed by atoms with Crippen molar-refractivity contribution >= 4 is 28.9 Å². The van der Waals surface area contributed by atoms with E-state index in [1.807, 2.05) is 30.3 Å². The lowest BCUT2D eigenvalue weighted by molar-refractivity contribution is 0.117. The van der Waals surface area contributed by atoms with Gasteiger partial charge in [0, 0.05) is 41.8 Å². The fourth-order valence-electron chi connectivity index (χ4n) is 3.99. The van der Waals surface area contributed by atoms with Crippen molar-refractivity contribution in [2.24, 2.45) is 0 Å². The Morgan fingerprint density at radius 3 is 2.61 bits per heavy atom. The molecule has 6 heteroatoms. The molecule has 5 nitrogen and oxygen atoms in total. The van der Waals surface area contributed by atoms with Crippen molar-refractivity contribution in [3.8, 4) is 11.5 Å². The molecular formula is C25H29ClN2O3. The Balaban J connectivity index is 0.00000272. The van der Waals surface area contributed by atoms with E-state index in [1.165, 1.54) is 16.5 Å². The normalized spacial score (nSPS) is 16.4. The molecule has 1 unspecified atom stereocenters. The zero-order valence-electron chi connectivity index (χ0n) is 17.5. The van der Waals surface area contributed by atoms with Gasteiger partial charge in [-0.15, -0.1) is 12.4 Å². The molecule has 0 spiro atoms. The Labute approximate surface area is 189 Å². The van der Waals surface area contributed by atoms with Gasteiger partial charge in [0.15, 0.2) is 11.5 Å². The molecule has 3 aromatic rings. The first-order chi connectivity index (χ1) is 14.8. The van der Waals surface area contributed by atoms with Crippen molar-refractivity contribution in [1.29, 1.82) is 0 Å². The van der Waals surface area contributed by atoms with Crippen LogP contribution in [-0.4, -0.2) is 53.9 Å². The van der Waals surface area contributed by atoms with Gasteiger partial charge in [0.25, 0.3) is 0 Å². The predicted molar refractivity (Wildman–Crippen MR) is 128 cm³/mol. The molecule has 164 valence electrons. The maximum absolute atomic E-state index is 9.52. The number of hydrogen-bond acceptors (Lipinski definition) is 4. The van der Waals surface area contributed by atoms with Crippen LogP contribution in [-0.2, 0) is 0 Å². The van der Waals surface area contributed by atoms with Crippen LogP contribution >= 0.6 is 12.4 Å². The first-order valence-electron chi connectivity index (χ1n) is 10.4. The highest BCUT2D eigenvalue weighted by Gasteiger charge is 2.25. The fourth-order valence-corrected chi connectivity index (χ4v) is 3.99. The number of fused-ring (bicyclic) bond motifs is 1. The number of β-amino-alcohol motifs (C(OH)–C–C–N with tert-alkyl or cyclic N) is 1. The minimum atomic E-state index is 0. The number of rotatable bonds is 9. The molecule has 0 fully saturated rings. The lowest BCUT2D eigenvalue weighted by Gasteiger charge is -2.34. The molecule has 2 heterocycles. The second-order valence-corrected chi connectivity index (χ2v) is 7.41. The SMILES string of the molecule is C=CCOc1ccccc1OCC1CC(c2c[nH]c3ccccc23)=CCN1CCO.Cl. The topological polar surface area (TPSA) is 57.7 Å². The summed E-state index contributed by atoms with van der Waals surface area (Å²) in [5, 5.41) is 10.8. The van der Waals surface area contributed by atoms with Gasteiger partial charge in [-0.05, 0) is 30.2 Å². The van der Waals surface area contributed by atoms with Crippen LogP contribution in [0.25, 0.3) is 16.5 Å². The van der Waals surface area contributed by atoms with Crippen LogP contribution in [0.5, 0.6) is 11.5 Å². The predicted octanol–water partition coefficient (Wildman–Crippen LogP) is 4.68. The number of aromatic nitrogens is 1. The van der Waals surface area contributed by atoms with E-state index < -0.39 is 0 Å². The largest absolute Gasteiger partial charge is 0.488 e. The number of aromatic amines is 1. The number of H-pyrrole nitrogens is 1. The number of nitrogens with one attached hydrogen (secondary N) is 1. The van der Waals surface area contributed by atoms with Crippen molar-refractivity contribution in [3.63, 3.8) is 0 Å². The lowest BCUT2D eigenvalue weighted by Crippen LogP contribution is -2.43. The minimum Gasteiger partial charge on any atom is -0.488 e. The fraction of sp³-hybridized carbons (Fsp3) is 0.280. The number of hydrogen-bond donors (Lipinski definition) is 2. The van der Waals surface area contributed by atoms with E-state index >= 15 is 0 Å². The first kappa shape index (κ1) is 22.9.